The lowest BCUT2D eigenvalue weighted by Gasteiger charge is -2.11. The van der Waals surface area contributed by atoms with Gasteiger partial charge in [-0.05, 0) is 12.1 Å². The van der Waals surface area contributed by atoms with Crippen molar-refractivity contribution < 1.29 is 23.3 Å². The first-order valence-electron chi connectivity index (χ1n) is 5.88. The molecular weight excluding hydrogens is 265 g/mol. The molecule has 0 unspecified atom stereocenters. The van der Waals surface area contributed by atoms with Crippen molar-refractivity contribution in [1.29, 1.82) is 0 Å². The largest absolute Gasteiger partial charge is 0.494 e. The molecule has 0 fully saturated rings. The van der Waals surface area contributed by atoms with Crippen molar-refractivity contribution in [3.63, 3.8) is 0 Å². The van der Waals surface area contributed by atoms with Crippen molar-refractivity contribution in [2.45, 2.75) is 0 Å². The lowest BCUT2D eigenvalue weighted by Crippen LogP contribution is -1.96. The Morgan fingerprint density at radius 3 is 2.70 bits per heavy atom. The highest BCUT2D eigenvalue weighted by atomic mass is 19.1. The maximum absolute atomic E-state index is 13.5. The number of hydrogen-bond acceptors (Lipinski definition) is 5. The summed E-state index contributed by atoms with van der Waals surface area (Å²) in [4.78, 5) is 0. The Hall–Kier alpha value is -2.63. The first kappa shape index (κ1) is 12.4. The first-order valence-corrected chi connectivity index (χ1v) is 5.88. The Kier molecular flexibility index (Phi) is 2.98. The van der Waals surface area contributed by atoms with E-state index >= 15 is 0 Å². The molecule has 0 aromatic heterocycles. The number of anilines is 1. The van der Waals surface area contributed by atoms with E-state index in [1.165, 1.54) is 13.2 Å². The van der Waals surface area contributed by atoms with Crippen LogP contribution in [0.5, 0.6) is 28.7 Å². The number of rotatable bonds is 3. The number of nitrogens with two attached hydrogens (primary N) is 1. The fraction of sp³-hybridized carbons (Fsp3) is 0.143. The van der Waals surface area contributed by atoms with Crippen LogP contribution in [-0.4, -0.2) is 13.9 Å². The van der Waals surface area contributed by atoms with Crippen molar-refractivity contribution >= 4 is 5.69 Å². The molecule has 2 aromatic rings. The molecule has 0 spiro atoms. The summed E-state index contributed by atoms with van der Waals surface area (Å²) in [5.41, 5.74) is 5.91. The first-order chi connectivity index (χ1) is 9.67. The van der Waals surface area contributed by atoms with E-state index < -0.39 is 5.82 Å². The molecule has 2 N–H and O–H groups in total. The second kappa shape index (κ2) is 4.80. The number of halogens is 1. The van der Waals surface area contributed by atoms with Crippen LogP contribution in [0.25, 0.3) is 0 Å². The van der Waals surface area contributed by atoms with Gasteiger partial charge in [0.15, 0.2) is 28.8 Å². The SMILES string of the molecule is COc1cc(Oc2ccc3c(c2)OCO3)c(N)cc1F. The van der Waals surface area contributed by atoms with Gasteiger partial charge in [-0.15, -0.1) is 0 Å². The predicted molar refractivity (Wildman–Crippen MR) is 70.0 cm³/mol. The summed E-state index contributed by atoms with van der Waals surface area (Å²) in [6, 6.07) is 7.67. The Morgan fingerprint density at radius 1 is 1.10 bits per heavy atom. The minimum absolute atomic E-state index is 0.0648. The van der Waals surface area contributed by atoms with Gasteiger partial charge in [0, 0.05) is 18.2 Å². The van der Waals surface area contributed by atoms with Crippen molar-refractivity contribution in [3.05, 3.63) is 36.1 Å². The molecule has 0 amide bonds. The van der Waals surface area contributed by atoms with Gasteiger partial charge in [-0.2, -0.15) is 0 Å². The number of nitrogen functional groups attached to an aromatic ring is 1. The normalized spacial score (nSPS) is 12.3. The fourth-order valence-corrected chi connectivity index (χ4v) is 1.86. The molecule has 1 heterocycles. The standard InChI is InChI=1S/C14H12FNO4/c1-17-12-6-13(10(16)5-9(12)15)20-8-2-3-11-14(4-8)19-7-18-11/h2-6H,7,16H2,1H3. The Bertz CT molecular complexity index is 660. The van der Waals surface area contributed by atoms with Gasteiger partial charge in [-0.1, -0.05) is 0 Å². The molecule has 0 radical (unpaired) electrons. The summed E-state index contributed by atoms with van der Waals surface area (Å²) in [6.45, 7) is 0.186. The van der Waals surface area contributed by atoms with E-state index in [0.717, 1.165) is 6.07 Å². The van der Waals surface area contributed by atoms with Crippen LogP contribution in [0.4, 0.5) is 10.1 Å². The maximum Gasteiger partial charge on any atom is 0.231 e. The highest BCUT2D eigenvalue weighted by molar-refractivity contribution is 5.58. The average molecular weight is 277 g/mol. The number of ether oxygens (including phenoxy) is 4. The molecule has 104 valence electrons. The van der Waals surface area contributed by atoms with Gasteiger partial charge in [0.2, 0.25) is 6.79 Å². The van der Waals surface area contributed by atoms with E-state index in [2.05, 4.69) is 0 Å². The van der Waals surface area contributed by atoms with Crippen LogP contribution in [0, 0.1) is 5.82 Å². The zero-order chi connectivity index (χ0) is 14.1. The third-order valence-corrected chi connectivity index (χ3v) is 2.86. The van der Waals surface area contributed by atoms with Crippen molar-refractivity contribution in [1.82, 2.24) is 0 Å². The molecule has 20 heavy (non-hydrogen) atoms. The zero-order valence-corrected chi connectivity index (χ0v) is 10.7. The average Bonchev–Trinajstić information content (AvgIpc) is 2.89. The number of benzene rings is 2. The van der Waals surface area contributed by atoms with Crippen LogP contribution in [0.1, 0.15) is 0 Å². The van der Waals surface area contributed by atoms with Crippen LogP contribution < -0.4 is 24.7 Å². The number of methoxy groups -OCH3 is 1. The minimum atomic E-state index is -0.539. The van der Waals surface area contributed by atoms with Gasteiger partial charge in [0.05, 0.1) is 12.8 Å². The van der Waals surface area contributed by atoms with Gasteiger partial charge in [-0.25, -0.2) is 4.39 Å². The van der Waals surface area contributed by atoms with Gasteiger partial charge >= 0.3 is 0 Å². The second-order valence-electron chi connectivity index (χ2n) is 4.14. The van der Waals surface area contributed by atoms with Crippen LogP contribution in [0.2, 0.25) is 0 Å². The fourth-order valence-electron chi connectivity index (χ4n) is 1.86. The Labute approximate surface area is 114 Å². The third kappa shape index (κ3) is 2.16. The lowest BCUT2D eigenvalue weighted by atomic mass is 10.2. The summed E-state index contributed by atoms with van der Waals surface area (Å²) < 4.78 is 34.4. The summed E-state index contributed by atoms with van der Waals surface area (Å²) in [5, 5.41) is 0. The highest BCUT2D eigenvalue weighted by Crippen LogP contribution is 2.38. The van der Waals surface area contributed by atoms with Crippen LogP contribution in [0.3, 0.4) is 0 Å². The van der Waals surface area contributed by atoms with E-state index in [-0.39, 0.29) is 18.2 Å². The zero-order valence-electron chi connectivity index (χ0n) is 10.7. The van der Waals surface area contributed by atoms with E-state index in [1.807, 2.05) is 0 Å². The van der Waals surface area contributed by atoms with Gasteiger partial charge < -0.3 is 24.7 Å². The summed E-state index contributed by atoms with van der Waals surface area (Å²) in [7, 11) is 1.37. The quantitative estimate of drug-likeness (QED) is 0.874. The van der Waals surface area contributed by atoms with E-state index in [9.17, 15) is 4.39 Å². The van der Waals surface area contributed by atoms with Crippen molar-refractivity contribution in [2.75, 3.05) is 19.6 Å². The monoisotopic (exact) mass is 277 g/mol. The molecule has 2 aromatic carbocycles. The summed E-state index contributed by atoms with van der Waals surface area (Å²) >= 11 is 0. The van der Waals surface area contributed by atoms with Crippen LogP contribution in [0.15, 0.2) is 30.3 Å². The molecule has 1 aliphatic rings. The van der Waals surface area contributed by atoms with E-state index in [1.54, 1.807) is 18.2 Å². The molecule has 0 aliphatic carbocycles. The van der Waals surface area contributed by atoms with Gasteiger partial charge in [0.25, 0.3) is 0 Å². The van der Waals surface area contributed by atoms with Gasteiger partial charge in [-0.3, -0.25) is 0 Å². The van der Waals surface area contributed by atoms with Crippen molar-refractivity contribution in [3.8, 4) is 28.7 Å². The molecule has 0 atom stereocenters. The molecule has 5 nitrogen and oxygen atoms in total. The second-order valence-corrected chi connectivity index (χ2v) is 4.14. The van der Waals surface area contributed by atoms with Crippen LogP contribution in [-0.2, 0) is 0 Å². The number of fused-ring (bicyclic) bond motifs is 1. The molecule has 0 bridgehead atoms. The maximum atomic E-state index is 13.5. The van der Waals surface area contributed by atoms with Gasteiger partial charge in [0.1, 0.15) is 5.75 Å². The van der Waals surface area contributed by atoms with E-state index in [4.69, 9.17) is 24.7 Å². The summed E-state index contributed by atoms with van der Waals surface area (Å²) in [6.07, 6.45) is 0. The van der Waals surface area contributed by atoms with Crippen LogP contribution >= 0.6 is 0 Å². The molecule has 6 heteroatoms. The smallest absolute Gasteiger partial charge is 0.231 e. The molecule has 0 saturated carbocycles. The minimum Gasteiger partial charge on any atom is -0.494 e. The summed E-state index contributed by atoms with van der Waals surface area (Å²) in [5.74, 6) is 1.59. The molecular formula is C14H12FNO4. The third-order valence-electron chi connectivity index (χ3n) is 2.86. The van der Waals surface area contributed by atoms with Crippen molar-refractivity contribution in [2.24, 2.45) is 0 Å². The lowest BCUT2D eigenvalue weighted by molar-refractivity contribution is 0.174. The van der Waals surface area contributed by atoms with E-state index in [0.29, 0.717) is 23.0 Å². The Balaban J connectivity index is 1.91. The highest BCUT2D eigenvalue weighted by Gasteiger charge is 2.15. The Morgan fingerprint density at radius 2 is 1.90 bits per heavy atom. The predicted octanol–water partition coefficient (Wildman–Crippen LogP) is 2.94. The number of hydrogen-bond donors (Lipinski definition) is 1. The molecule has 0 saturated heterocycles. The molecule has 1 aliphatic heterocycles. The molecule has 3 rings (SSSR count). The topological polar surface area (TPSA) is 62.9 Å².